The van der Waals surface area contributed by atoms with E-state index in [1.165, 1.54) is 38.9 Å². The van der Waals surface area contributed by atoms with E-state index in [9.17, 15) is 0 Å². The second-order valence-electron chi connectivity index (χ2n) is 4.37. The van der Waals surface area contributed by atoms with Crippen LogP contribution in [0.25, 0.3) is 0 Å². The lowest BCUT2D eigenvalue weighted by atomic mass is 9.95. The highest BCUT2D eigenvalue weighted by Crippen LogP contribution is 2.18. The quantitative estimate of drug-likeness (QED) is 0.715. The molecule has 1 rings (SSSR count). The minimum absolute atomic E-state index is 0.635. The third kappa shape index (κ3) is 3.65. The SMILES string of the molecule is CCC1CCCN(CC(C)NC)C1. The van der Waals surface area contributed by atoms with Crippen LogP contribution in [-0.4, -0.2) is 37.6 Å². The van der Waals surface area contributed by atoms with Crippen LogP contribution in [0.1, 0.15) is 33.1 Å². The smallest absolute Gasteiger partial charge is 0.0163 e. The molecule has 1 saturated heterocycles. The average molecular weight is 184 g/mol. The van der Waals surface area contributed by atoms with E-state index < -0.39 is 0 Å². The zero-order chi connectivity index (χ0) is 9.68. The lowest BCUT2D eigenvalue weighted by Crippen LogP contribution is -2.42. The number of hydrogen-bond acceptors (Lipinski definition) is 2. The molecule has 1 N–H and O–H groups in total. The van der Waals surface area contributed by atoms with Crippen molar-refractivity contribution in [3.63, 3.8) is 0 Å². The summed E-state index contributed by atoms with van der Waals surface area (Å²) >= 11 is 0. The van der Waals surface area contributed by atoms with Gasteiger partial charge in [0.05, 0.1) is 0 Å². The molecule has 1 aliphatic heterocycles. The molecule has 0 radical (unpaired) electrons. The Kier molecular flexibility index (Phi) is 4.74. The van der Waals surface area contributed by atoms with E-state index in [4.69, 9.17) is 0 Å². The molecule has 1 heterocycles. The number of nitrogens with one attached hydrogen (secondary N) is 1. The van der Waals surface area contributed by atoms with Crippen LogP contribution in [0.5, 0.6) is 0 Å². The van der Waals surface area contributed by atoms with Crippen molar-refractivity contribution in [2.75, 3.05) is 26.7 Å². The summed E-state index contributed by atoms with van der Waals surface area (Å²) in [5.41, 5.74) is 0. The molecule has 0 bridgehead atoms. The highest BCUT2D eigenvalue weighted by Gasteiger charge is 2.18. The van der Waals surface area contributed by atoms with Crippen LogP contribution in [0.3, 0.4) is 0 Å². The van der Waals surface area contributed by atoms with Crippen LogP contribution in [0.4, 0.5) is 0 Å². The van der Waals surface area contributed by atoms with Gasteiger partial charge in [-0.15, -0.1) is 0 Å². The molecular formula is C11H24N2. The first-order valence-electron chi connectivity index (χ1n) is 5.65. The van der Waals surface area contributed by atoms with Crippen molar-refractivity contribution in [1.82, 2.24) is 10.2 Å². The molecule has 1 aliphatic rings. The van der Waals surface area contributed by atoms with E-state index in [2.05, 4.69) is 24.1 Å². The molecule has 0 aromatic heterocycles. The zero-order valence-corrected chi connectivity index (χ0v) is 9.34. The van der Waals surface area contributed by atoms with Crippen molar-refractivity contribution < 1.29 is 0 Å². The number of likely N-dealkylation sites (tertiary alicyclic amines) is 1. The van der Waals surface area contributed by atoms with E-state index in [1.54, 1.807) is 0 Å². The van der Waals surface area contributed by atoms with Gasteiger partial charge in [-0.25, -0.2) is 0 Å². The van der Waals surface area contributed by atoms with E-state index in [0.29, 0.717) is 6.04 Å². The molecule has 78 valence electrons. The van der Waals surface area contributed by atoms with Gasteiger partial charge in [-0.1, -0.05) is 13.3 Å². The molecule has 2 unspecified atom stereocenters. The Labute approximate surface area is 82.7 Å². The average Bonchev–Trinajstić information content (AvgIpc) is 2.18. The van der Waals surface area contributed by atoms with Crippen LogP contribution in [0, 0.1) is 5.92 Å². The Bertz CT molecular complexity index is 134. The second-order valence-corrected chi connectivity index (χ2v) is 4.37. The fourth-order valence-corrected chi connectivity index (χ4v) is 2.13. The largest absolute Gasteiger partial charge is 0.316 e. The van der Waals surface area contributed by atoms with Crippen molar-refractivity contribution in [2.24, 2.45) is 5.92 Å². The van der Waals surface area contributed by atoms with Crippen molar-refractivity contribution in [3.8, 4) is 0 Å². The summed E-state index contributed by atoms with van der Waals surface area (Å²) in [6.07, 6.45) is 4.19. The number of piperidine rings is 1. The highest BCUT2D eigenvalue weighted by atomic mass is 15.1. The molecular weight excluding hydrogens is 160 g/mol. The first-order chi connectivity index (χ1) is 6.26. The summed E-state index contributed by atoms with van der Waals surface area (Å²) in [4.78, 5) is 2.61. The van der Waals surface area contributed by atoms with Gasteiger partial charge >= 0.3 is 0 Å². The van der Waals surface area contributed by atoms with Crippen LogP contribution in [-0.2, 0) is 0 Å². The van der Waals surface area contributed by atoms with E-state index >= 15 is 0 Å². The maximum Gasteiger partial charge on any atom is 0.0163 e. The topological polar surface area (TPSA) is 15.3 Å². The molecule has 0 spiro atoms. The number of rotatable bonds is 4. The molecule has 0 aromatic rings. The number of likely N-dealkylation sites (N-methyl/N-ethyl adjacent to an activating group) is 1. The molecule has 2 heteroatoms. The number of hydrogen-bond donors (Lipinski definition) is 1. The fourth-order valence-electron chi connectivity index (χ4n) is 2.13. The monoisotopic (exact) mass is 184 g/mol. The van der Waals surface area contributed by atoms with Gasteiger partial charge in [-0.05, 0) is 39.3 Å². The lowest BCUT2D eigenvalue weighted by Gasteiger charge is -2.33. The molecule has 1 fully saturated rings. The summed E-state index contributed by atoms with van der Waals surface area (Å²) in [5, 5.41) is 3.30. The molecule has 13 heavy (non-hydrogen) atoms. The number of nitrogens with zero attached hydrogens (tertiary/aromatic N) is 1. The van der Waals surface area contributed by atoms with Gasteiger partial charge in [0, 0.05) is 19.1 Å². The van der Waals surface area contributed by atoms with Crippen LogP contribution >= 0.6 is 0 Å². The third-order valence-corrected chi connectivity index (χ3v) is 3.21. The van der Waals surface area contributed by atoms with Gasteiger partial charge in [-0.3, -0.25) is 0 Å². The summed E-state index contributed by atoms with van der Waals surface area (Å²) in [6.45, 7) is 8.42. The Morgan fingerprint density at radius 2 is 2.31 bits per heavy atom. The van der Waals surface area contributed by atoms with Crippen LogP contribution < -0.4 is 5.32 Å². The fraction of sp³-hybridized carbons (Fsp3) is 1.00. The summed E-state index contributed by atoms with van der Waals surface area (Å²) in [6, 6.07) is 0.635. The van der Waals surface area contributed by atoms with Crippen molar-refractivity contribution in [2.45, 2.75) is 39.2 Å². The standard InChI is InChI=1S/C11H24N2/c1-4-11-6-5-7-13(9-11)8-10(2)12-3/h10-12H,4-9H2,1-3H3. The minimum Gasteiger partial charge on any atom is -0.316 e. The first-order valence-corrected chi connectivity index (χ1v) is 5.65. The molecule has 0 aliphatic carbocycles. The summed E-state index contributed by atoms with van der Waals surface area (Å²) < 4.78 is 0. The predicted molar refractivity (Wildman–Crippen MR) is 58.0 cm³/mol. The van der Waals surface area contributed by atoms with Gasteiger partial charge in [0.2, 0.25) is 0 Å². The van der Waals surface area contributed by atoms with Gasteiger partial charge in [-0.2, -0.15) is 0 Å². The Hall–Kier alpha value is -0.0800. The van der Waals surface area contributed by atoms with E-state index in [1.807, 2.05) is 7.05 Å². The molecule has 0 saturated carbocycles. The molecule has 2 atom stereocenters. The first kappa shape index (κ1) is 11.0. The molecule has 2 nitrogen and oxygen atoms in total. The van der Waals surface area contributed by atoms with E-state index in [0.717, 1.165) is 5.92 Å². The maximum absolute atomic E-state index is 3.30. The molecule has 0 aromatic carbocycles. The Morgan fingerprint density at radius 1 is 1.54 bits per heavy atom. The summed E-state index contributed by atoms with van der Waals surface area (Å²) in [5.74, 6) is 0.956. The lowest BCUT2D eigenvalue weighted by molar-refractivity contribution is 0.161. The third-order valence-electron chi connectivity index (χ3n) is 3.21. The van der Waals surface area contributed by atoms with Gasteiger partial charge < -0.3 is 10.2 Å². The Morgan fingerprint density at radius 3 is 2.92 bits per heavy atom. The van der Waals surface area contributed by atoms with Crippen LogP contribution in [0.15, 0.2) is 0 Å². The minimum atomic E-state index is 0.635. The predicted octanol–water partition coefficient (Wildman–Crippen LogP) is 1.72. The van der Waals surface area contributed by atoms with Gasteiger partial charge in [0.25, 0.3) is 0 Å². The maximum atomic E-state index is 3.30. The van der Waals surface area contributed by atoms with Crippen molar-refractivity contribution >= 4 is 0 Å². The highest BCUT2D eigenvalue weighted by molar-refractivity contribution is 4.74. The normalized spacial score (nSPS) is 27.5. The van der Waals surface area contributed by atoms with Gasteiger partial charge in [0.15, 0.2) is 0 Å². The summed E-state index contributed by atoms with van der Waals surface area (Å²) in [7, 11) is 2.05. The van der Waals surface area contributed by atoms with Gasteiger partial charge in [0.1, 0.15) is 0 Å². The van der Waals surface area contributed by atoms with Crippen molar-refractivity contribution in [1.29, 1.82) is 0 Å². The zero-order valence-electron chi connectivity index (χ0n) is 9.34. The van der Waals surface area contributed by atoms with E-state index in [-0.39, 0.29) is 0 Å². The van der Waals surface area contributed by atoms with Crippen LogP contribution in [0.2, 0.25) is 0 Å². The van der Waals surface area contributed by atoms with Crippen molar-refractivity contribution in [3.05, 3.63) is 0 Å². The Balaban J connectivity index is 2.25. The second kappa shape index (κ2) is 5.61. The molecule has 0 amide bonds.